The van der Waals surface area contributed by atoms with Gasteiger partial charge < -0.3 is 15.7 Å². The predicted octanol–water partition coefficient (Wildman–Crippen LogP) is 2.71. The molecular formula is C18H21FN2O2. The highest BCUT2D eigenvalue weighted by Crippen LogP contribution is 2.12. The summed E-state index contributed by atoms with van der Waals surface area (Å²) in [7, 11) is 0. The van der Waals surface area contributed by atoms with Crippen LogP contribution < -0.4 is 10.6 Å². The van der Waals surface area contributed by atoms with Crippen LogP contribution in [0, 0.1) is 12.7 Å². The molecule has 23 heavy (non-hydrogen) atoms. The second kappa shape index (κ2) is 8.29. The van der Waals surface area contributed by atoms with E-state index in [1.807, 2.05) is 37.3 Å². The number of aliphatic hydroxyl groups excluding tert-OH is 1. The van der Waals surface area contributed by atoms with Crippen molar-refractivity contribution in [2.24, 2.45) is 0 Å². The first-order valence-corrected chi connectivity index (χ1v) is 7.55. The van der Waals surface area contributed by atoms with Gasteiger partial charge in [-0.3, -0.25) is 0 Å². The fourth-order valence-corrected chi connectivity index (χ4v) is 2.38. The average molecular weight is 316 g/mol. The highest BCUT2D eigenvalue weighted by atomic mass is 19.1. The fourth-order valence-electron chi connectivity index (χ4n) is 2.38. The number of rotatable bonds is 6. The number of carbonyl (C=O) groups excluding carboxylic acids is 1. The molecule has 2 amide bonds. The highest BCUT2D eigenvalue weighted by molar-refractivity contribution is 5.74. The maximum Gasteiger partial charge on any atom is 0.315 e. The fraction of sp³-hybridized carbons (Fsp3) is 0.278. The molecule has 0 saturated heterocycles. The van der Waals surface area contributed by atoms with Crippen molar-refractivity contribution in [3.05, 3.63) is 71.0 Å². The molecule has 0 aliphatic rings. The van der Waals surface area contributed by atoms with Crippen LogP contribution in [-0.2, 0) is 6.42 Å². The summed E-state index contributed by atoms with van der Waals surface area (Å²) in [5, 5.41) is 14.9. The minimum absolute atomic E-state index is 0.172. The van der Waals surface area contributed by atoms with Crippen molar-refractivity contribution in [2.45, 2.75) is 19.4 Å². The Hall–Kier alpha value is -2.40. The quantitative estimate of drug-likeness (QED) is 0.767. The van der Waals surface area contributed by atoms with Gasteiger partial charge in [-0.2, -0.15) is 0 Å². The lowest BCUT2D eigenvalue weighted by atomic mass is 10.1. The molecule has 5 heteroatoms. The minimum Gasteiger partial charge on any atom is -0.394 e. The van der Waals surface area contributed by atoms with Crippen LogP contribution in [0.5, 0.6) is 0 Å². The molecule has 122 valence electrons. The van der Waals surface area contributed by atoms with Gasteiger partial charge in [0.15, 0.2) is 0 Å². The van der Waals surface area contributed by atoms with Gasteiger partial charge in [-0.1, -0.05) is 36.4 Å². The van der Waals surface area contributed by atoms with Crippen molar-refractivity contribution in [1.29, 1.82) is 0 Å². The van der Waals surface area contributed by atoms with Gasteiger partial charge in [-0.05, 0) is 42.2 Å². The molecule has 0 unspecified atom stereocenters. The Bertz CT molecular complexity index is 647. The molecular weight excluding hydrogens is 295 g/mol. The molecule has 0 aromatic heterocycles. The number of benzene rings is 2. The van der Waals surface area contributed by atoms with Crippen molar-refractivity contribution >= 4 is 6.03 Å². The molecule has 0 aliphatic carbocycles. The molecule has 3 N–H and O–H groups in total. The van der Waals surface area contributed by atoms with Gasteiger partial charge in [0.05, 0.1) is 12.6 Å². The van der Waals surface area contributed by atoms with Crippen molar-refractivity contribution in [3.8, 4) is 0 Å². The van der Waals surface area contributed by atoms with E-state index in [0.29, 0.717) is 13.0 Å². The van der Waals surface area contributed by atoms with Crippen LogP contribution >= 0.6 is 0 Å². The number of aliphatic hydroxyl groups is 1. The molecule has 0 saturated carbocycles. The number of nitrogens with one attached hydrogen (secondary N) is 2. The topological polar surface area (TPSA) is 61.4 Å². The summed E-state index contributed by atoms with van der Waals surface area (Å²) < 4.78 is 13.0. The lowest BCUT2D eigenvalue weighted by Gasteiger charge is -2.17. The van der Waals surface area contributed by atoms with Gasteiger partial charge in [-0.15, -0.1) is 0 Å². The van der Waals surface area contributed by atoms with Gasteiger partial charge in [0.2, 0.25) is 0 Å². The standard InChI is InChI=1S/C18H21FN2O2/c1-13-11-16(19)8-7-14(13)9-10-20-18(23)21-17(12-22)15-5-3-2-4-6-15/h2-8,11,17,22H,9-10,12H2,1H3,(H2,20,21,23)/t17-/m1/s1. The molecule has 2 rings (SSSR count). The number of urea groups is 1. The molecule has 0 fully saturated rings. The predicted molar refractivity (Wildman–Crippen MR) is 87.6 cm³/mol. The largest absolute Gasteiger partial charge is 0.394 e. The first-order chi connectivity index (χ1) is 11.1. The van der Waals surface area contributed by atoms with Crippen molar-refractivity contribution in [3.63, 3.8) is 0 Å². The van der Waals surface area contributed by atoms with Gasteiger partial charge in [0.25, 0.3) is 0 Å². The second-order valence-electron chi connectivity index (χ2n) is 5.37. The van der Waals surface area contributed by atoms with Crippen LogP contribution in [0.25, 0.3) is 0 Å². The summed E-state index contributed by atoms with van der Waals surface area (Å²) in [6.45, 7) is 2.11. The summed E-state index contributed by atoms with van der Waals surface area (Å²) >= 11 is 0. The lowest BCUT2D eigenvalue weighted by molar-refractivity contribution is 0.217. The summed E-state index contributed by atoms with van der Waals surface area (Å²) in [5.41, 5.74) is 2.71. The first-order valence-electron chi connectivity index (χ1n) is 7.55. The molecule has 0 radical (unpaired) electrons. The number of carbonyl (C=O) groups is 1. The van der Waals surface area contributed by atoms with Crippen LogP contribution in [0.2, 0.25) is 0 Å². The first kappa shape index (κ1) is 17.0. The summed E-state index contributed by atoms with van der Waals surface area (Å²) in [6.07, 6.45) is 0.620. The van der Waals surface area contributed by atoms with Crippen LogP contribution in [0.15, 0.2) is 48.5 Å². The van der Waals surface area contributed by atoms with Crippen molar-refractivity contribution in [2.75, 3.05) is 13.2 Å². The highest BCUT2D eigenvalue weighted by Gasteiger charge is 2.12. The summed E-state index contributed by atoms with van der Waals surface area (Å²) in [5.74, 6) is -0.259. The van der Waals surface area contributed by atoms with Crippen molar-refractivity contribution < 1.29 is 14.3 Å². The SMILES string of the molecule is Cc1cc(F)ccc1CCNC(=O)N[C@H](CO)c1ccccc1. The third kappa shape index (κ3) is 5.07. The number of hydrogen-bond donors (Lipinski definition) is 3. The molecule has 2 aromatic carbocycles. The monoisotopic (exact) mass is 316 g/mol. The summed E-state index contributed by atoms with van der Waals surface area (Å²) in [4.78, 5) is 11.9. The average Bonchev–Trinajstić information content (AvgIpc) is 2.55. The number of amides is 2. The maximum atomic E-state index is 13.0. The summed E-state index contributed by atoms with van der Waals surface area (Å²) in [6, 6.07) is 13.1. The zero-order chi connectivity index (χ0) is 16.7. The van der Waals surface area contributed by atoms with Crippen LogP contribution in [0.3, 0.4) is 0 Å². The minimum atomic E-state index is -0.441. The van der Waals surface area contributed by atoms with Gasteiger partial charge >= 0.3 is 6.03 Å². The van der Waals surface area contributed by atoms with Crippen LogP contribution in [0.1, 0.15) is 22.7 Å². The lowest BCUT2D eigenvalue weighted by Crippen LogP contribution is -2.40. The van der Waals surface area contributed by atoms with E-state index in [2.05, 4.69) is 10.6 Å². The number of aryl methyl sites for hydroxylation is 1. The molecule has 2 aromatic rings. The van der Waals surface area contributed by atoms with Gasteiger partial charge in [0, 0.05) is 6.54 Å². The van der Waals surface area contributed by atoms with Crippen LogP contribution in [-0.4, -0.2) is 24.3 Å². The Morgan fingerprint density at radius 3 is 2.61 bits per heavy atom. The molecule has 0 bridgehead atoms. The maximum absolute atomic E-state index is 13.0. The van der Waals surface area contributed by atoms with Gasteiger partial charge in [-0.25, -0.2) is 9.18 Å². The van der Waals surface area contributed by atoms with Gasteiger partial charge in [0.1, 0.15) is 5.82 Å². The number of hydrogen-bond acceptors (Lipinski definition) is 2. The normalized spacial score (nSPS) is 11.8. The molecule has 0 spiro atoms. The zero-order valence-corrected chi connectivity index (χ0v) is 13.1. The van der Waals surface area contributed by atoms with E-state index in [4.69, 9.17) is 0 Å². The Kier molecular flexibility index (Phi) is 6.11. The van der Waals surface area contributed by atoms with E-state index >= 15 is 0 Å². The Balaban J connectivity index is 1.82. The molecule has 1 atom stereocenters. The molecule has 0 aliphatic heterocycles. The molecule has 0 heterocycles. The number of halogens is 1. The molecule has 4 nitrogen and oxygen atoms in total. The van der Waals surface area contributed by atoms with E-state index < -0.39 is 6.04 Å². The Labute approximate surface area is 135 Å². The van der Waals surface area contributed by atoms with Crippen molar-refractivity contribution in [1.82, 2.24) is 10.6 Å². The second-order valence-corrected chi connectivity index (χ2v) is 5.37. The van der Waals surface area contributed by atoms with E-state index in [0.717, 1.165) is 16.7 Å². The van der Waals surface area contributed by atoms with E-state index in [1.165, 1.54) is 12.1 Å². The smallest absolute Gasteiger partial charge is 0.315 e. The Morgan fingerprint density at radius 1 is 1.22 bits per heavy atom. The Morgan fingerprint density at radius 2 is 1.96 bits per heavy atom. The third-order valence-electron chi connectivity index (χ3n) is 3.67. The van der Waals surface area contributed by atoms with E-state index in [1.54, 1.807) is 6.07 Å². The van der Waals surface area contributed by atoms with Crippen LogP contribution in [0.4, 0.5) is 9.18 Å². The zero-order valence-electron chi connectivity index (χ0n) is 13.1. The third-order valence-corrected chi connectivity index (χ3v) is 3.67. The van der Waals surface area contributed by atoms with E-state index in [9.17, 15) is 14.3 Å². The van der Waals surface area contributed by atoms with E-state index in [-0.39, 0.29) is 18.5 Å².